The summed E-state index contributed by atoms with van der Waals surface area (Å²) in [4.78, 5) is 14.1. The molecular formula is C24H29N3O5S. The molecule has 0 aliphatic carbocycles. The van der Waals surface area contributed by atoms with E-state index in [2.05, 4.69) is 10.8 Å². The van der Waals surface area contributed by atoms with E-state index in [0.29, 0.717) is 37.4 Å². The Bertz CT molecular complexity index is 1160. The van der Waals surface area contributed by atoms with Crippen molar-refractivity contribution in [2.24, 2.45) is 0 Å². The number of hydrogen-bond donors (Lipinski definition) is 1. The summed E-state index contributed by atoms with van der Waals surface area (Å²) < 4.78 is 36.2. The average Bonchev–Trinajstić information content (AvgIpc) is 2.76. The van der Waals surface area contributed by atoms with Gasteiger partial charge in [-0.15, -0.1) is 0 Å². The fraction of sp³-hybridized carbons (Fsp3) is 0.417. The maximum absolute atomic E-state index is 12.4. The van der Waals surface area contributed by atoms with Gasteiger partial charge in [0.25, 0.3) is 0 Å². The van der Waals surface area contributed by atoms with Gasteiger partial charge in [-0.3, -0.25) is 4.79 Å². The van der Waals surface area contributed by atoms with E-state index in [0.717, 1.165) is 28.7 Å². The second-order valence-corrected chi connectivity index (χ2v) is 10.1. The quantitative estimate of drug-likeness (QED) is 0.602. The molecule has 1 amide bonds. The van der Waals surface area contributed by atoms with Crippen LogP contribution in [-0.2, 0) is 34.4 Å². The third-order valence-corrected chi connectivity index (χ3v) is 5.91. The molecule has 0 atom stereocenters. The zero-order valence-electron chi connectivity index (χ0n) is 19.1. The van der Waals surface area contributed by atoms with E-state index in [-0.39, 0.29) is 25.0 Å². The van der Waals surface area contributed by atoms with E-state index in [1.165, 1.54) is 0 Å². The van der Waals surface area contributed by atoms with E-state index in [1.807, 2.05) is 38.1 Å². The van der Waals surface area contributed by atoms with Gasteiger partial charge < -0.3 is 14.4 Å². The van der Waals surface area contributed by atoms with Crippen molar-refractivity contribution in [2.75, 3.05) is 19.3 Å². The Balaban J connectivity index is 1.57. The molecule has 0 bridgehead atoms. The van der Waals surface area contributed by atoms with E-state index in [1.54, 1.807) is 17.0 Å². The zero-order chi connectivity index (χ0) is 24.0. The molecule has 0 spiro atoms. The number of fused-ring (bicyclic) bond motifs is 1. The molecule has 2 aromatic rings. The highest BCUT2D eigenvalue weighted by molar-refractivity contribution is 7.88. The van der Waals surface area contributed by atoms with E-state index < -0.39 is 10.0 Å². The molecule has 0 aromatic heterocycles. The molecule has 176 valence electrons. The number of benzene rings is 2. The van der Waals surface area contributed by atoms with Gasteiger partial charge in [0.1, 0.15) is 24.2 Å². The Morgan fingerprint density at radius 1 is 1.21 bits per heavy atom. The molecule has 1 aliphatic rings. The summed E-state index contributed by atoms with van der Waals surface area (Å²) in [6.07, 6.45) is 1.91. The number of rotatable bonds is 9. The van der Waals surface area contributed by atoms with Gasteiger partial charge in [-0.05, 0) is 61.2 Å². The highest BCUT2D eigenvalue weighted by Crippen LogP contribution is 2.26. The monoisotopic (exact) mass is 471 g/mol. The van der Waals surface area contributed by atoms with Crippen LogP contribution in [-0.4, -0.2) is 44.7 Å². The molecule has 9 heteroatoms. The lowest BCUT2D eigenvalue weighted by molar-refractivity contribution is -0.131. The van der Waals surface area contributed by atoms with Crippen LogP contribution in [0.4, 0.5) is 0 Å². The number of sulfonamides is 1. The van der Waals surface area contributed by atoms with Gasteiger partial charge in [-0.2, -0.15) is 5.26 Å². The summed E-state index contributed by atoms with van der Waals surface area (Å²) in [5, 5.41) is 9.39. The predicted octanol–water partition coefficient (Wildman–Crippen LogP) is 2.75. The molecule has 0 fully saturated rings. The van der Waals surface area contributed by atoms with Crippen molar-refractivity contribution in [3.05, 3.63) is 58.7 Å². The molecular weight excluding hydrogens is 442 g/mol. The Kier molecular flexibility index (Phi) is 7.95. The van der Waals surface area contributed by atoms with Gasteiger partial charge in [-0.1, -0.05) is 12.1 Å². The maximum Gasteiger partial charge on any atom is 0.224 e. The number of nitrogens with one attached hydrogen (secondary N) is 1. The van der Waals surface area contributed by atoms with Crippen LogP contribution in [0.5, 0.6) is 11.5 Å². The topological polar surface area (TPSA) is 109 Å². The van der Waals surface area contributed by atoms with Crippen LogP contribution in [0.25, 0.3) is 0 Å². The fourth-order valence-corrected chi connectivity index (χ4v) is 4.08. The minimum atomic E-state index is -3.30. The van der Waals surface area contributed by atoms with Crippen LogP contribution in [0.1, 0.15) is 42.5 Å². The van der Waals surface area contributed by atoms with Gasteiger partial charge in [-0.25, -0.2) is 13.1 Å². The molecule has 33 heavy (non-hydrogen) atoms. The van der Waals surface area contributed by atoms with Gasteiger partial charge in [0.05, 0.1) is 17.9 Å². The van der Waals surface area contributed by atoms with Crippen molar-refractivity contribution in [1.82, 2.24) is 9.62 Å². The lowest BCUT2D eigenvalue weighted by atomic mass is 9.99. The second-order valence-electron chi connectivity index (χ2n) is 8.31. The standard InChI is InChI=1S/C24H29N3O5S/c1-17(2)32-23-7-4-18(12-21(23)14-25)16-31-22-6-5-20-15-27(11-9-19(20)13-22)24(28)8-10-26-33(3,29)30/h4-7,12-13,17,26H,8-11,15-16H2,1-3H3. The first-order chi connectivity index (χ1) is 15.6. The number of nitriles is 1. The van der Waals surface area contributed by atoms with E-state index >= 15 is 0 Å². The third-order valence-electron chi connectivity index (χ3n) is 5.18. The summed E-state index contributed by atoms with van der Waals surface area (Å²) in [6, 6.07) is 13.4. The number of carbonyl (C=O) groups is 1. The summed E-state index contributed by atoms with van der Waals surface area (Å²) in [7, 11) is -3.30. The molecule has 3 rings (SSSR count). The Hall–Kier alpha value is -3.09. The van der Waals surface area contributed by atoms with Crippen molar-refractivity contribution in [3.63, 3.8) is 0 Å². The van der Waals surface area contributed by atoms with E-state index in [9.17, 15) is 18.5 Å². The summed E-state index contributed by atoms with van der Waals surface area (Å²) in [5.41, 5.74) is 3.54. The van der Waals surface area contributed by atoms with Crippen LogP contribution in [0.2, 0.25) is 0 Å². The maximum atomic E-state index is 12.4. The first kappa shape index (κ1) is 24.6. The number of nitrogens with zero attached hydrogens (tertiary/aromatic N) is 2. The molecule has 1 N–H and O–H groups in total. The number of ether oxygens (including phenoxy) is 2. The molecule has 0 saturated heterocycles. The van der Waals surface area contributed by atoms with Crippen molar-refractivity contribution < 1.29 is 22.7 Å². The van der Waals surface area contributed by atoms with Crippen LogP contribution in [0, 0.1) is 11.3 Å². The van der Waals surface area contributed by atoms with Crippen molar-refractivity contribution >= 4 is 15.9 Å². The normalized spacial score (nSPS) is 13.4. The van der Waals surface area contributed by atoms with Crippen molar-refractivity contribution in [2.45, 2.75) is 45.9 Å². The minimum absolute atomic E-state index is 0.00920. The lowest BCUT2D eigenvalue weighted by Crippen LogP contribution is -2.37. The molecule has 2 aromatic carbocycles. The Labute approximate surface area is 195 Å². The smallest absolute Gasteiger partial charge is 0.224 e. The zero-order valence-corrected chi connectivity index (χ0v) is 19.9. The number of amides is 1. The molecule has 8 nitrogen and oxygen atoms in total. The van der Waals surface area contributed by atoms with Crippen LogP contribution < -0.4 is 14.2 Å². The molecule has 1 aliphatic heterocycles. The fourth-order valence-electron chi connectivity index (χ4n) is 3.61. The minimum Gasteiger partial charge on any atom is -0.490 e. The van der Waals surface area contributed by atoms with Crippen LogP contribution in [0.15, 0.2) is 36.4 Å². The number of carbonyl (C=O) groups excluding carboxylic acids is 1. The van der Waals surface area contributed by atoms with Gasteiger partial charge >= 0.3 is 0 Å². The molecule has 1 heterocycles. The lowest BCUT2D eigenvalue weighted by Gasteiger charge is -2.29. The SMILES string of the molecule is CC(C)Oc1ccc(COc2ccc3c(c2)CCN(C(=O)CCNS(C)(=O)=O)C3)cc1C#N. The van der Waals surface area contributed by atoms with Gasteiger partial charge in [0.2, 0.25) is 15.9 Å². The van der Waals surface area contributed by atoms with Crippen molar-refractivity contribution in [1.29, 1.82) is 5.26 Å². The molecule has 0 radical (unpaired) electrons. The largest absolute Gasteiger partial charge is 0.490 e. The molecule has 0 saturated carbocycles. The van der Waals surface area contributed by atoms with Gasteiger partial charge in [0.15, 0.2) is 0 Å². The predicted molar refractivity (Wildman–Crippen MR) is 124 cm³/mol. The highest BCUT2D eigenvalue weighted by Gasteiger charge is 2.21. The third kappa shape index (κ3) is 7.20. The first-order valence-corrected chi connectivity index (χ1v) is 12.7. The van der Waals surface area contributed by atoms with E-state index in [4.69, 9.17) is 9.47 Å². The first-order valence-electron chi connectivity index (χ1n) is 10.8. The van der Waals surface area contributed by atoms with Crippen LogP contribution in [0.3, 0.4) is 0 Å². The average molecular weight is 472 g/mol. The summed E-state index contributed by atoms with van der Waals surface area (Å²) in [6.45, 7) is 5.34. The van der Waals surface area contributed by atoms with Gasteiger partial charge in [0, 0.05) is 26.1 Å². The Morgan fingerprint density at radius 3 is 2.70 bits per heavy atom. The number of hydrogen-bond acceptors (Lipinski definition) is 6. The van der Waals surface area contributed by atoms with Crippen LogP contribution >= 0.6 is 0 Å². The molecule has 0 unspecified atom stereocenters. The highest BCUT2D eigenvalue weighted by atomic mass is 32.2. The Morgan fingerprint density at radius 2 is 2.00 bits per heavy atom. The summed E-state index contributed by atoms with van der Waals surface area (Å²) in [5.74, 6) is 1.22. The summed E-state index contributed by atoms with van der Waals surface area (Å²) >= 11 is 0. The van der Waals surface area contributed by atoms with Crippen molar-refractivity contribution in [3.8, 4) is 17.6 Å². The second kappa shape index (κ2) is 10.7.